The molecule has 0 bridgehead atoms. The van der Waals surface area contributed by atoms with E-state index in [2.05, 4.69) is 22.0 Å². The lowest BCUT2D eigenvalue weighted by atomic mass is 10.1. The second kappa shape index (κ2) is 8.29. The Morgan fingerprint density at radius 2 is 2.41 bits per heavy atom. The van der Waals surface area contributed by atoms with Gasteiger partial charge in [-0.25, -0.2) is 0 Å². The molecule has 124 valence electrons. The zero-order valence-corrected chi connectivity index (χ0v) is 14.0. The van der Waals surface area contributed by atoms with Crippen LogP contribution in [0.4, 0.5) is 0 Å². The highest BCUT2D eigenvalue weighted by atomic mass is 16.5. The molecule has 6 nitrogen and oxygen atoms in total. The van der Waals surface area contributed by atoms with Crippen molar-refractivity contribution in [2.45, 2.75) is 26.2 Å². The van der Waals surface area contributed by atoms with E-state index in [0.29, 0.717) is 5.92 Å². The standard InChI is InChI=1S/C16H28N4O2/c1-4-5-15-14(10-17-18-15)16(21)19(2)11-13-6-7-20(12-13)8-9-22-3/h10,13H,4-9,11-12H2,1-3H3,(H,17,18)/t13-/m1/s1. The number of methoxy groups -OCH3 is 1. The second-order valence-electron chi connectivity index (χ2n) is 6.15. The molecule has 1 aliphatic heterocycles. The first-order chi connectivity index (χ1) is 10.7. The molecular weight excluding hydrogens is 280 g/mol. The molecule has 0 aliphatic carbocycles. The van der Waals surface area contributed by atoms with Gasteiger partial charge in [0, 0.05) is 39.5 Å². The molecule has 2 heterocycles. The Balaban J connectivity index is 1.85. The summed E-state index contributed by atoms with van der Waals surface area (Å²) < 4.78 is 5.13. The number of nitrogens with zero attached hydrogens (tertiary/aromatic N) is 3. The Bertz CT molecular complexity index is 474. The van der Waals surface area contributed by atoms with Crippen LogP contribution in [0.25, 0.3) is 0 Å². The van der Waals surface area contributed by atoms with Crippen molar-refractivity contribution >= 4 is 5.91 Å². The van der Waals surface area contributed by atoms with E-state index in [1.807, 2.05) is 11.9 Å². The average Bonchev–Trinajstić information content (AvgIpc) is 3.14. The molecule has 0 spiro atoms. The van der Waals surface area contributed by atoms with Gasteiger partial charge in [-0.2, -0.15) is 5.10 Å². The zero-order chi connectivity index (χ0) is 15.9. The molecule has 1 aromatic rings. The molecule has 22 heavy (non-hydrogen) atoms. The van der Waals surface area contributed by atoms with Crippen molar-refractivity contribution < 1.29 is 9.53 Å². The lowest BCUT2D eigenvalue weighted by Crippen LogP contribution is -2.34. The summed E-state index contributed by atoms with van der Waals surface area (Å²) in [7, 11) is 3.63. The molecule has 2 rings (SSSR count). The van der Waals surface area contributed by atoms with Crippen molar-refractivity contribution in [2.75, 3.05) is 46.9 Å². The van der Waals surface area contributed by atoms with Crippen LogP contribution in [0.2, 0.25) is 0 Å². The molecule has 1 aliphatic rings. The summed E-state index contributed by atoms with van der Waals surface area (Å²) in [6.45, 7) is 6.81. The molecule has 1 N–H and O–H groups in total. The highest BCUT2D eigenvalue weighted by Crippen LogP contribution is 2.18. The maximum Gasteiger partial charge on any atom is 0.257 e. The number of ether oxygens (including phenoxy) is 1. The molecule has 1 fully saturated rings. The van der Waals surface area contributed by atoms with Crippen LogP contribution in [-0.4, -0.2) is 72.8 Å². The number of aromatic amines is 1. The summed E-state index contributed by atoms with van der Waals surface area (Å²) in [4.78, 5) is 16.8. The van der Waals surface area contributed by atoms with Crippen molar-refractivity contribution in [1.82, 2.24) is 20.0 Å². The van der Waals surface area contributed by atoms with Crippen LogP contribution in [-0.2, 0) is 11.2 Å². The third kappa shape index (κ3) is 4.30. The number of hydrogen-bond donors (Lipinski definition) is 1. The highest BCUT2D eigenvalue weighted by Gasteiger charge is 2.26. The van der Waals surface area contributed by atoms with E-state index in [4.69, 9.17) is 4.74 Å². The van der Waals surface area contributed by atoms with Gasteiger partial charge in [0.15, 0.2) is 0 Å². The van der Waals surface area contributed by atoms with Gasteiger partial charge in [0.05, 0.1) is 18.4 Å². The fourth-order valence-corrected chi connectivity index (χ4v) is 3.10. The van der Waals surface area contributed by atoms with Crippen molar-refractivity contribution in [1.29, 1.82) is 0 Å². The van der Waals surface area contributed by atoms with Gasteiger partial charge >= 0.3 is 0 Å². The normalized spacial score (nSPS) is 18.8. The molecule has 0 saturated carbocycles. The summed E-state index contributed by atoms with van der Waals surface area (Å²) in [5.74, 6) is 0.625. The maximum absolute atomic E-state index is 12.6. The van der Waals surface area contributed by atoms with E-state index in [1.165, 1.54) is 0 Å². The number of rotatable bonds is 8. The Hall–Kier alpha value is -1.40. The largest absolute Gasteiger partial charge is 0.383 e. The zero-order valence-electron chi connectivity index (χ0n) is 14.0. The molecular formula is C16H28N4O2. The third-order valence-electron chi connectivity index (χ3n) is 4.31. The highest BCUT2D eigenvalue weighted by molar-refractivity contribution is 5.94. The number of hydrogen-bond acceptors (Lipinski definition) is 4. The summed E-state index contributed by atoms with van der Waals surface area (Å²) in [6, 6.07) is 0. The van der Waals surface area contributed by atoms with Gasteiger partial charge in [-0.05, 0) is 25.3 Å². The molecule has 1 aromatic heterocycles. The van der Waals surface area contributed by atoms with Crippen LogP contribution in [0.1, 0.15) is 35.8 Å². The Morgan fingerprint density at radius 1 is 1.59 bits per heavy atom. The van der Waals surface area contributed by atoms with Gasteiger partial charge in [-0.1, -0.05) is 13.3 Å². The average molecular weight is 308 g/mol. The number of amides is 1. The van der Waals surface area contributed by atoms with E-state index in [-0.39, 0.29) is 5.91 Å². The number of carbonyl (C=O) groups is 1. The number of carbonyl (C=O) groups excluding carboxylic acids is 1. The summed E-state index contributed by atoms with van der Waals surface area (Å²) in [6.07, 6.45) is 4.67. The molecule has 0 radical (unpaired) electrons. The van der Waals surface area contributed by atoms with Crippen LogP contribution in [0, 0.1) is 5.92 Å². The molecule has 0 unspecified atom stereocenters. The van der Waals surface area contributed by atoms with E-state index in [0.717, 1.165) is 63.3 Å². The fraction of sp³-hybridized carbons (Fsp3) is 0.750. The molecule has 1 atom stereocenters. The number of aromatic nitrogens is 2. The lowest BCUT2D eigenvalue weighted by Gasteiger charge is -2.22. The minimum Gasteiger partial charge on any atom is -0.383 e. The Labute approximate surface area is 132 Å². The molecule has 6 heteroatoms. The number of likely N-dealkylation sites (tertiary alicyclic amines) is 1. The van der Waals surface area contributed by atoms with Gasteiger partial charge in [0.25, 0.3) is 5.91 Å². The summed E-state index contributed by atoms with van der Waals surface area (Å²) in [5.41, 5.74) is 1.67. The van der Waals surface area contributed by atoms with Crippen LogP contribution in [0.5, 0.6) is 0 Å². The quantitative estimate of drug-likeness (QED) is 0.788. The molecule has 0 aromatic carbocycles. The summed E-state index contributed by atoms with van der Waals surface area (Å²) in [5, 5.41) is 6.97. The van der Waals surface area contributed by atoms with Crippen molar-refractivity contribution in [2.24, 2.45) is 5.92 Å². The third-order valence-corrected chi connectivity index (χ3v) is 4.31. The number of aryl methyl sites for hydroxylation is 1. The van der Waals surface area contributed by atoms with Crippen LogP contribution in [0.15, 0.2) is 6.20 Å². The first-order valence-corrected chi connectivity index (χ1v) is 8.14. The van der Waals surface area contributed by atoms with E-state index in [1.54, 1.807) is 13.3 Å². The predicted molar refractivity (Wildman–Crippen MR) is 86.0 cm³/mol. The van der Waals surface area contributed by atoms with Crippen molar-refractivity contribution in [3.63, 3.8) is 0 Å². The van der Waals surface area contributed by atoms with Gasteiger partial charge in [-0.15, -0.1) is 0 Å². The minimum atomic E-state index is 0.0764. The van der Waals surface area contributed by atoms with Gasteiger partial charge < -0.3 is 14.5 Å². The smallest absolute Gasteiger partial charge is 0.257 e. The minimum absolute atomic E-state index is 0.0764. The van der Waals surface area contributed by atoms with Crippen LogP contribution in [0.3, 0.4) is 0 Å². The summed E-state index contributed by atoms with van der Waals surface area (Å²) >= 11 is 0. The Kier molecular flexibility index (Phi) is 6.39. The first kappa shape index (κ1) is 17.0. The van der Waals surface area contributed by atoms with E-state index in [9.17, 15) is 4.79 Å². The first-order valence-electron chi connectivity index (χ1n) is 8.14. The molecule has 1 saturated heterocycles. The lowest BCUT2D eigenvalue weighted by molar-refractivity contribution is 0.0771. The van der Waals surface area contributed by atoms with Gasteiger partial charge in [-0.3, -0.25) is 9.89 Å². The molecule has 1 amide bonds. The van der Waals surface area contributed by atoms with Crippen LogP contribution < -0.4 is 0 Å². The van der Waals surface area contributed by atoms with Crippen LogP contribution >= 0.6 is 0 Å². The topological polar surface area (TPSA) is 61.5 Å². The number of nitrogens with one attached hydrogen (secondary N) is 1. The van der Waals surface area contributed by atoms with E-state index < -0.39 is 0 Å². The predicted octanol–water partition coefficient (Wildman–Crippen LogP) is 1.40. The monoisotopic (exact) mass is 308 g/mol. The van der Waals surface area contributed by atoms with Gasteiger partial charge in [0.1, 0.15) is 0 Å². The van der Waals surface area contributed by atoms with Crippen molar-refractivity contribution in [3.05, 3.63) is 17.5 Å². The second-order valence-corrected chi connectivity index (χ2v) is 6.15. The maximum atomic E-state index is 12.6. The number of H-pyrrole nitrogens is 1. The fourth-order valence-electron chi connectivity index (χ4n) is 3.10. The van der Waals surface area contributed by atoms with Gasteiger partial charge in [0.2, 0.25) is 0 Å². The Morgan fingerprint density at radius 3 is 3.14 bits per heavy atom. The SMILES string of the molecule is CCCc1[nH]ncc1C(=O)N(C)C[C@H]1CCN(CCOC)C1. The van der Waals surface area contributed by atoms with E-state index >= 15 is 0 Å². The van der Waals surface area contributed by atoms with Crippen molar-refractivity contribution in [3.8, 4) is 0 Å².